The second kappa shape index (κ2) is 11.2. The van der Waals surface area contributed by atoms with Crippen LogP contribution in [0.1, 0.15) is 22.6 Å². The maximum absolute atomic E-state index is 12.7. The third kappa shape index (κ3) is 5.77. The summed E-state index contributed by atoms with van der Waals surface area (Å²) in [6, 6.07) is 26.6. The van der Waals surface area contributed by atoms with E-state index in [9.17, 15) is 14.7 Å². The van der Waals surface area contributed by atoms with E-state index >= 15 is 0 Å². The minimum absolute atomic E-state index is 0.0348. The smallest absolute Gasteiger partial charge is 0.407 e. The van der Waals surface area contributed by atoms with Crippen molar-refractivity contribution >= 4 is 35.3 Å². The van der Waals surface area contributed by atoms with E-state index in [0.717, 1.165) is 22.3 Å². The fraction of sp³-hybridized carbons (Fsp3) is 0.133. The van der Waals surface area contributed by atoms with Crippen molar-refractivity contribution in [3.63, 3.8) is 0 Å². The molecule has 0 aliphatic heterocycles. The fourth-order valence-corrected chi connectivity index (χ4v) is 5.18. The Hall–Kier alpha value is -4.00. The largest absolute Gasteiger partial charge is 0.480 e. The van der Waals surface area contributed by atoms with Gasteiger partial charge in [0.15, 0.2) is 0 Å². The molecule has 8 heteroatoms. The van der Waals surface area contributed by atoms with Crippen LogP contribution in [0.4, 0.5) is 4.79 Å². The molecule has 0 aromatic heterocycles. The van der Waals surface area contributed by atoms with Gasteiger partial charge >= 0.3 is 12.1 Å². The molecule has 0 saturated heterocycles. The predicted octanol–water partition coefficient (Wildman–Crippen LogP) is 7.32. The summed E-state index contributed by atoms with van der Waals surface area (Å²) < 4.78 is 11.3. The number of ether oxygens (including phenoxy) is 2. The summed E-state index contributed by atoms with van der Waals surface area (Å²) in [4.78, 5) is 24.6. The van der Waals surface area contributed by atoms with Crippen molar-refractivity contribution < 1.29 is 24.2 Å². The van der Waals surface area contributed by atoms with Gasteiger partial charge in [0.25, 0.3) is 0 Å². The number of hydrogen-bond acceptors (Lipinski definition) is 4. The van der Waals surface area contributed by atoms with Gasteiger partial charge in [-0.2, -0.15) is 0 Å². The van der Waals surface area contributed by atoms with Crippen LogP contribution < -0.4 is 10.1 Å². The average Bonchev–Trinajstić information content (AvgIpc) is 3.20. The number of benzene rings is 4. The highest BCUT2D eigenvalue weighted by molar-refractivity contribution is 6.34. The number of rotatable bonds is 8. The van der Waals surface area contributed by atoms with Gasteiger partial charge in [-0.3, -0.25) is 0 Å². The summed E-state index contributed by atoms with van der Waals surface area (Å²) in [5.41, 5.74) is 5.04. The number of carbonyl (C=O) groups is 2. The highest BCUT2D eigenvalue weighted by Gasteiger charge is 2.29. The molecular formula is C30H23Cl2NO5. The quantitative estimate of drug-likeness (QED) is 0.241. The fourth-order valence-electron chi connectivity index (χ4n) is 4.68. The van der Waals surface area contributed by atoms with Crippen molar-refractivity contribution in [1.29, 1.82) is 0 Å². The Morgan fingerprint density at radius 1 is 0.816 bits per heavy atom. The zero-order valence-electron chi connectivity index (χ0n) is 20.1. The zero-order chi connectivity index (χ0) is 26.6. The van der Waals surface area contributed by atoms with Crippen molar-refractivity contribution in [1.82, 2.24) is 5.32 Å². The molecule has 0 heterocycles. The Bertz CT molecular complexity index is 1440. The summed E-state index contributed by atoms with van der Waals surface area (Å²) in [7, 11) is 0. The first kappa shape index (κ1) is 25.6. The lowest BCUT2D eigenvalue weighted by Crippen LogP contribution is -2.42. The number of hydrogen-bond donors (Lipinski definition) is 2. The van der Waals surface area contributed by atoms with Gasteiger partial charge in [0, 0.05) is 22.4 Å². The van der Waals surface area contributed by atoms with E-state index in [0.29, 0.717) is 27.1 Å². The molecule has 0 bridgehead atoms. The van der Waals surface area contributed by atoms with Crippen molar-refractivity contribution in [2.45, 2.75) is 18.4 Å². The Kier molecular flexibility index (Phi) is 7.54. The molecule has 0 spiro atoms. The van der Waals surface area contributed by atoms with E-state index in [1.54, 1.807) is 42.5 Å². The standard InChI is InChI=1S/C30H23Cl2NO5/c31-19-14-20(32)16-22(15-19)38-21-7-5-6-18(12-21)13-28(29(34)35)33-30(36)37-17-27-25-10-3-1-8-23(25)24-9-2-4-11-26(24)27/h1-12,14-16,27-28H,13,17H2,(H,33,36)(H,34,35). The molecule has 1 amide bonds. The van der Waals surface area contributed by atoms with E-state index in [1.807, 2.05) is 48.5 Å². The molecule has 4 aromatic carbocycles. The molecule has 0 saturated carbocycles. The number of aliphatic carboxylic acids is 1. The highest BCUT2D eigenvalue weighted by atomic mass is 35.5. The van der Waals surface area contributed by atoms with Crippen LogP contribution in [0.3, 0.4) is 0 Å². The molecule has 0 radical (unpaired) electrons. The number of carbonyl (C=O) groups excluding carboxylic acids is 1. The molecule has 1 atom stereocenters. The maximum Gasteiger partial charge on any atom is 0.407 e. The van der Waals surface area contributed by atoms with Crippen LogP contribution in [0, 0.1) is 0 Å². The van der Waals surface area contributed by atoms with Gasteiger partial charge in [-0.25, -0.2) is 9.59 Å². The summed E-state index contributed by atoms with van der Waals surface area (Å²) in [5, 5.41) is 13.1. The first-order valence-electron chi connectivity index (χ1n) is 11.9. The molecule has 1 unspecified atom stereocenters. The maximum atomic E-state index is 12.7. The number of carboxylic acids is 1. The van der Waals surface area contributed by atoms with Gasteiger partial charge in [0.1, 0.15) is 24.1 Å². The van der Waals surface area contributed by atoms with Crippen LogP contribution in [0.15, 0.2) is 91.0 Å². The van der Waals surface area contributed by atoms with Gasteiger partial charge in [0.2, 0.25) is 0 Å². The first-order valence-corrected chi connectivity index (χ1v) is 12.7. The molecule has 1 aliphatic carbocycles. The van der Waals surface area contributed by atoms with Gasteiger partial charge < -0.3 is 19.9 Å². The lowest BCUT2D eigenvalue weighted by atomic mass is 9.98. The zero-order valence-corrected chi connectivity index (χ0v) is 21.6. The lowest BCUT2D eigenvalue weighted by Gasteiger charge is -2.18. The lowest BCUT2D eigenvalue weighted by molar-refractivity contribution is -0.139. The van der Waals surface area contributed by atoms with Gasteiger partial charge in [-0.05, 0) is 58.1 Å². The Balaban J connectivity index is 1.23. The van der Waals surface area contributed by atoms with Crippen LogP contribution >= 0.6 is 23.2 Å². The Labute approximate surface area is 229 Å². The number of carboxylic acid groups (broad SMARTS) is 1. The molecule has 192 valence electrons. The van der Waals surface area contributed by atoms with E-state index in [4.69, 9.17) is 32.7 Å². The van der Waals surface area contributed by atoms with Crippen LogP contribution in [0.2, 0.25) is 10.0 Å². The molecule has 5 rings (SSSR count). The third-order valence-corrected chi connectivity index (χ3v) is 6.78. The third-order valence-electron chi connectivity index (χ3n) is 6.34. The predicted molar refractivity (Wildman–Crippen MR) is 146 cm³/mol. The molecule has 6 nitrogen and oxygen atoms in total. The van der Waals surface area contributed by atoms with Crippen LogP contribution in [-0.4, -0.2) is 29.8 Å². The minimum Gasteiger partial charge on any atom is -0.480 e. The van der Waals surface area contributed by atoms with Gasteiger partial charge in [-0.15, -0.1) is 0 Å². The van der Waals surface area contributed by atoms with Crippen LogP contribution in [0.25, 0.3) is 11.1 Å². The molecule has 0 fully saturated rings. The van der Waals surface area contributed by atoms with Crippen molar-refractivity contribution in [2.75, 3.05) is 6.61 Å². The summed E-state index contributed by atoms with van der Waals surface area (Å²) in [6.07, 6.45) is -0.757. The molecule has 2 N–H and O–H groups in total. The van der Waals surface area contributed by atoms with E-state index < -0.39 is 18.1 Å². The van der Waals surface area contributed by atoms with Gasteiger partial charge in [0.05, 0.1) is 0 Å². The topological polar surface area (TPSA) is 84.9 Å². The average molecular weight is 548 g/mol. The first-order chi connectivity index (χ1) is 18.4. The second-order valence-corrected chi connectivity index (χ2v) is 9.79. The highest BCUT2D eigenvalue weighted by Crippen LogP contribution is 2.44. The number of alkyl carbamates (subject to hydrolysis) is 1. The number of fused-ring (bicyclic) bond motifs is 3. The summed E-state index contributed by atoms with van der Waals surface area (Å²) in [6.45, 7) is 0.0950. The normalized spacial score (nSPS) is 12.8. The van der Waals surface area contributed by atoms with Crippen molar-refractivity contribution in [3.05, 3.63) is 118 Å². The summed E-state index contributed by atoms with van der Waals surface area (Å²) in [5.74, 6) is -0.367. The summed E-state index contributed by atoms with van der Waals surface area (Å²) >= 11 is 12.1. The van der Waals surface area contributed by atoms with E-state index in [1.165, 1.54) is 0 Å². The second-order valence-electron chi connectivity index (χ2n) is 8.92. The molecule has 4 aromatic rings. The Morgan fingerprint density at radius 2 is 1.45 bits per heavy atom. The molecular weight excluding hydrogens is 525 g/mol. The number of halogens is 2. The van der Waals surface area contributed by atoms with E-state index in [-0.39, 0.29) is 18.9 Å². The number of nitrogens with one attached hydrogen (secondary N) is 1. The number of amides is 1. The Morgan fingerprint density at radius 3 is 2.08 bits per heavy atom. The molecule has 1 aliphatic rings. The monoisotopic (exact) mass is 547 g/mol. The SMILES string of the molecule is O=C(NC(Cc1cccc(Oc2cc(Cl)cc(Cl)c2)c1)C(=O)O)OCC1c2ccccc2-c2ccccc21. The van der Waals surface area contributed by atoms with Crippen LogP contribution in [0.5, 0.6) is 11.5 Å². The van der Waals surface area contributed by atoms with Crippen molar-refractivity contribution in [3.8, 4) is 22.6 Å². The van der Waals surface area contributed by atoms with Gasteiger partial charge in [-0.1, -0.05) is 83.9 Å². The van der Waals surface area contributed by atoms with Crippen LogP contribution in [-0.2, 0) is 16.0 Å². The molecule has 38 heavy (non-hydrogen) atoms. The van der Waals surface area contributed by atoms with Crippen molar-refractivity contribution in [2.24, 2.45) is 0 Å². The van der Waals surface area contributed by atoms with E-state index in [2.05, 4.69) is 5.32 Å². The minimum atomic E-state index is -1.19.